The van der Waals surface area contributed by atoms with Gasteiger partial charge in [-0.2, -0.15) is 0 Å². The first kappa shape index (κ1) is 8.91. The van der Waals surface area contributed by atoms with Gasteiger partial charge in [-0.25, -0.2) is 4.57 Å². The zero-order valence-corrected chi connectivity index (χ0v) is 7.74. The van der Waals surface area contributed by atoms with Gasteiger partial charge in [-0.3, -0.25) is 4.79 Å². The summed E-state index contributed by atoms with van der Waals surface area (Å²) in [5, 5.41) is 0. The van der Waals surface area contributed by atoms with Crippen LogP contribution in [0.15, 0.2) is 24.5 Å². The molecular weight excluding hydrogens is 150 g/mol. The number of hydrogen-bond acceptors (Lipinski definition) is 1. The SMILES string of the molecule is CC(=O)c1ccc[n+](C(C)C)c1. The van der Waals surface area contributed by atoms with Gasteiger partial charge < -0.3 is 0 Å². The van der Waals surface area contributed by atoms with E-state index in [0.29, 0.717) is 6.04 Å². The Balaban J connectivity index is 3.04. The minimum atomic E-state index is 0.116. The van der Waals surface area contributed by atoms with Gasteiger partial charge in [0, 0.05) is 6.07 Å². The van der Waals surface area contributed by atoms with Crippen LogP contribution in [0.5, 0.6) is 0 Å². The molecule has 0 fully saturated rings. The smallest absolute Gasteiger partial charge is 0.179 e. The predicted molar refractivity (Wildman–Crippen MR) is 47.0 cm³/mol. The molecule has 0 aromatic carbocycles. The number of carbonyl (C=O) groups excluding carboxylic acids is 1. The van der Waals surface area contributed by atoms with Crippen LogP contribution in [-0.4, -0.2) is 5.78 Å². The van der Waals surface area contributed by atoms with Crippen LogP contribution in [0.1, 0.15) is 37.2 Å². The Hall–Kier alpha value is -1.18. The third-order valence-electron chi connectivity index (χ3n) is 1.82. The van der Waals surface area contributed by atoms with Gasteiger partial charge in [0.1, 0.15) is 0 Å². The minimum Gasteiger partial charge on any atom is -0.294 e. The zero-order valence-electron chi connectivity index (χ0n) is 7.74. The molecule has 2 nitrogen and oxygen atoms in total. The lowest BCUT2D eigenvalue weighted by Crippen LogP contribution is -2.35. The van der Waals surface area contributed by atoms with Crippen molar-refractivity contribution in [3.8, 4) is 0 Å². The van der Waals surface area contributed by atoms with Crippen molar-refractivity contribution in [1.29, 1.82) is 0 Å². The van der Waals surface area contributed by atoms with Gasteiger partial charge in [-0.1, -0.05) is 0 Å². The van der Waals surface area contributed by atoms with Gasteiger partial charge in [-0.05, 0) is 26.8 Å². The summed E-state index contributed by atoms with van der Waals surface area (Å²) in [6, 6.07) is 4.14. The molecule has 0 saturated heterocycles. The van der Waals surface area contributed by atoms with E-state index in [9.17, 15) is 4.79 Å². The number of nitrogens with zero attached hydrogens (tertiary/aromatic N) is 1. The molecule has 0 saturated carbocycles. The summed E-state index contributed by atoms with van der Waals surface area (Å²) >= 11 is 0. The van der Waals surface area contributed by atoms with E-state index in [0.717, 1.165) is 5.56 Å². The van der Waals surface area contributed by atoms with E-state index in [4.69, 9.17) is 0 Å². The molecule has 0 aliphatic heterocycles. The van der Waals surface area contributed by atoms with E-state index < -0.39 is 0 Å². The lowest BCUT2D eigenvalue weighted by molar-refractivity contribution is -0.716. The first-order chi connectivity index (χ1) is 5.61. The first-order valence-electron chi connectivity index (χ1n) is 4.13. The number of ketones is 1. The maximum absolute atomic E-state index is 11.0. The summed E-state index contributed by atoms with van der Waals surface area (Å²) in [6.07, 6.45) is 3.85. The Bertz CT molecular complexity index is 292. The lowest BCUT2D eigenvalue weighted by Gasteiger charge is -2.00. The second-order valence-corrected chi connectivity index (χ2v) is 3.19. The van der Waals surface area contributed by atoms with E-state index >= 15 is 0 Å². The molecule has 0 unspecified atom stereocenters. The average molecular weight is 164 g/mol. The second-order valence-electron chi connectivity index (χ2n) is 3.19. The fourth-order valence-corrected chi connectivity index (χ4v) is 1.02. The number of pyridine rings is 1. The molecule has 0 N–H and O–H groups in total. The fraction of sp³-hybridized carbons (Fsp3) is 0.400. The molecule has 1 aromatic rings. The highest BCUT2D eigenvalue weighted by atomic mass is 16.1. The molecule has 0 amide bonds. The Kier molecular flexibility index (Phi) is 2.58. The Morgan fingerprint density at radius 3 is 2.67 bits per heavy atom. The molecule has 1 rings (SSSR count). The summed E-state index contributed by atoms with van der Waals surface area (Å²) in [4.78, 5) is 11.0. The molecule has 0 radical (unpaired) electrons. The van der Waals surface area contributed by atoms with Crippen LogP contribution in [0.25, 0.3) is 0 Å². The summed E-state index contributed by atoms with van der Waals surface area (Å²) < 4.78 is 2.02. The standard InChI is InChI=1S/C10H14NO/c1-8(2)11-6-4-5-10(7-11)9(3)12/h4-8H,1-3H3/q+1. The quantitative estimate of drug-likeness (QED) is 0.482. The highest BCUT2D eigenvalue weighted by Gasteiger charge is 2.08. The van der Waals surface area contributed by atoms with E-state index in [1.807, 2.05) is 29.1 Å². The highest BCUT2D eigenvalue weighted by molar-refractivity contribution is 5.93. The lowest BCUT2D eigenvalue weighted by atomic mass is 10.2. The van der Waals surface area contributed by atoms with Crippen molar-refractivity contribution >= 4 is 5.78 Å². The second kappa shape index (κ2) is 3.48. The molecule has 0 bridgehead atoms. The fourth-order valence-electron chi connectivity index (χ4n) is 1.02. The molecule has 1 heterocycles. The maximum Gasteiger partial charge on any atom is 0.179 e. The third kappa shape index (κ3) is 1.91. The van der Waals surface area contributed by atoms with Gasteiger partial charge in [-0.15, -0.1) is 0 Å². The van der Waals surface area contributed by atoms with Crippen LogP contribution in [0, 0.1) is 0 Å². The molecule has 0 aliphatic carbocycles. The van der Waals surface area contributed by atoms with Crippen LogP contribution < -0.4 is 4.57 Å². The minimum absolute atomic E-state index is 0.116. The first-order valence-corrected chi connectivity index (χ1v) is 4.13. The monoisotopic (exact) mass is 164 g/mol. The number of Topliss-reactive ketones (excluding diaryl/α,β-unsaturated/α-hetero) is 1. The van der Waals surface area contributed by atoms with Crippen molar-refractivity contribution < 1.29 is 9.36 Å². The topological polar surface area (TPSA) is 20.9 Å². The molecular formula is C10H14NO+. The van der Waals surface area contributed by atoms with Gasteiger partial charge in [0.2, 0.25) is 0 Å². The Morgan fingerprint density at radius 2 is 2.17 bits per heavy atom. The van der Waals surface area contributed by atoms with Crippen molar-refractivity contribution in [2.24, 2.45) is 0 Å². The van der Waals surface area contributed by atoms with E-state index in [2.05, 4.69) is 13.8 Å². The van der Waals surface area contributed by atoms with Crippen LogP contribution >= 0.6 is 0 Å². The molecule has 0 spiro atoms. The predicted octanol–water partition coefficient (Wildman–Crippen LogP) is 1.76. The molecule has 0 atom stereocenters. The summed E-state index contributed by atoms with van der Waals surface area (Å²) in [7, 11) is 0. The molecule has 1 aromatic heterocycles. The number of hydrogen-bond donors (Lipinski definition) is 0. The van der Waals surface area contributed by atoms with Crippen LogP contribution in [0.2, 0.25) is 0 Å². The number of carbonyl (C=O) groups is 1. The summed E-state index contributed by atoms with van der Waals surface area (Å²) in [5.41, 5.74) is 0.770. The molecule has 0 aliphatic rings. The Morgan fingerprint density at radius 1 is 1.50 bits per heavy atom. The van der Waals surface area contributed by atoms with Crippen LogP contribution in [0.3, 0.4) is 0 Å². The van der Waals surface area contributed by atoms with Crippen LogP contribution in [0.4, 0.5) is 0 Å². The van der Waals surface area contributed by atoms with Crippen molar-refractivity contribution in [3.05, 3.63) is 30.1 Å². The Labute approximate surface area is 72.8 Å². The molecule has 2 heteroatoms. The van der Waals surface area contributed by atoms with Crippen molar-refractivity contribution in [2.75, 3.05) is 0 Å². The number of aromatic nitrogens is 1. The molecule has 64 valence electrons. The van der Waals surface area contributed by atoms with E-state index in [-0.39, 0.29) is 5.78 Å². The average Bonchev–Trinajstić information content (AvgIpc) is 2.04. The van der Waals surface area contributed by atoms with Gasteiger partial charge in [0.05, 0.1) is 5.56 Å². The normalized spacial score (nSPS) is 10.3. The maximum atomic E-state index is 11.0. The van der Waals surface area contributed by atoms with E-state index in [1.165, 1.54) is 0 Å². The van der Waals surface area contributed by atoms with Crippen LogP contribution in [-0.2, 0) is 0 Å². The summed E-state index contributed by atoms with van der Waals surface area (Å²) in [5.74, 6) is 0.116. The highest BCUT2D eigenvalue weighted by Crippen LogP contribution is 1.98. The zero-order chi connectivity index (χ0) is 9.14. The van der Waals surface area contributed by atoms with Gasteiger partial charge in [0.15, 0.2) is 24.2 Å². The van der Waals surface area contributed by atoms with Gasteiger partial charge in [0.25, 0.3) is 0 Å². The van der Waals surface area contributed by atoms with E-state index in [1.54, 1.807) is 6.92 Å². The van der Waals surface area contributed by atoms with Crippen molar-refractivity contribution in [2.45, 2.75) is 26.8 Å². The number of rotatable bonds is 2. The van der Waals surface area contributed by atoms with Crippen molar-refractivity contribution in [3.63, 3.8) is 0 Å². The summed E-state index contributed by atoms with van der Waals surface area (Å²) in [6.45, 7) is 5.76. The third-order valence-corrected chi connectivity index (χ3v) is 1.82. The largest absolute Gasteiger partial charge is 0.294 e. The van der Waals surface area contributed by atoms with Gasteiger partial charge >= 0.3 is 0 Å². The van der Waals surface area contributed by atoms with Crippen molar-refractivity contribution in [1.82, 2.24) is 0 Å². The molecule has 12 heavy (non-hydrogen) atoms.